The maximum atomic E-state index is 12.6. The maximum absolute atomic E-state index is 12.6. The molecule has 30 heavy (non-hydrogen) atoms. The third kappa shape index (κ3) is 4.51. The van der Waals surface area contributed by atoms with E-state index in [2.05, 4.69) is 0 Å². The Kier molecular flexibility index (Phi) is 6.51. The average Bonchev–Trinajstić information content (AvgIpc) is 3.03. The molecule has 0 bridgehead atoms. The number of carbonyl (C=O) groups excluding carboxylic acids is 2. The molecule has 1 aromatic carbocycles. The standard InChI is InChI=1S/C23H24N2O5/c1-2-17-18(13-15-7-4-3-5-8-15)19-11-10-16(30-12-6-9-20(26)27)14-25(19)21(17)22(28)23(24)29/h3-5,7-8,10-11,14H,2,6,9,12-13H2,1H3,(H2,24,29)(H,26,27). The van der Waals surface area contributed by atoms with Gasteiger partial charge in [-0.15, -0.1) is 0 Å². The summed E-state index contributed by atoms with van der Waals surface area (Å²) in [6, 6.07) is 13.5. The maximum Gasteiger partial charge on any atom is 0.303 e. The zero-order valence-corrected chi connectivity index (χ0v) is 16.8. The molecule has 156 valence electrons. The summed E-state index contributed by atoms with van der Waals surface area (Å²) in [5, 5.41) is 8.74. The third-order valence-corrected chi connectivity index (χ3v) is 4.94. The molecule has 0 spiro atoms. The van der Waals surface area contributed by atoms with E-state index in [0.717, 1.165) is 22.2 Å². The van der Waals surface area contributed by atoms with Crippen LogP contribution in [0.4, 0.5) is 0 Å². The van der Waals surface area contributed by atoms with Gasteiger partial charge in [0.05, 0.1) is 12.8 Å². The van der Waals surface area contributed by atoms with Crippen LogP contribution in [0.2, 0.25) is 0 Å². The molecular weight excluding hydrogens is 384 g/mol. The number of rotatable bonds is 10. The number of carboxylic acids is 1. The molecule has 3 rings (SSSR count). The lowest BCUT2D eigenvalue weighted by Gasteiger charge is -2.08. The Morgan fingerprint density at radius 3 is 2.43 bits per heavy atom. The number of carboxylic acid groups (broad SMARTS) is 1. The number of ether oxygens (including phenoxy) is 1. The lowest BCUT2D eigenvalue weighted by Crippen LogP contribution is -2.25. The first-order chi connectivity index (χ1) is 14.4. The first kappa shape index (κ1) is 21.1. The molecule has 0 aliphatic heterocycles. The van der Waals surface area contributed by atoms with Gasteiger partial charge in [-0.25, -0.2) is 0 Å². The molecule has 0 saturated heterocycles. The predicted molar refractivity (Wildman–Crippen MR) is 112 cm³/mol. The van der Waals surface area contributed by atoms with Crippen LogP contribution in [0.1, 0.15) is 46.9 Å². The van der Waals surface area contributed by atoms with E-state index >= 15 is 0 Å². The van der Waals surface area contributed by atoms with Gasteiger partial charge in [0.15, 0.2) is 0 Å². The quantitative estimate of drug-likeness (QED) is 0.304. The fraction of sp³-hybridized carbons (Fsp3) is 0.261. The van der Waals surface area contributed by atoms with E-state index in [1.807, 2.05) is 43.3 Å². The molecule has 0 atom stereocenters. The molecular formula is C23H24N2O5. The Balaban J connectivity index is 2.05. The van der Waals surface area contributed by atoms with Gasteiger partial charge >= 0.3 is 5.97 Å². The van der Waals surface area contributed by atoms with Gasteiger partial charge in [0.2, 0.25) is 0 Å². The van der Waals surface area contributed by atoms with Gasteiger partial charge in [-0.05, 0) is 48.1 Å². The van der Waals surface area contributed by atoms with Crippen molar-refractivity contribution in [2.45, 2.75) is 32.6 Å². The molecule has 2 heterocycles. The summed E-state index contributed by atoms with van der Waals surface area (Å²) in [7, 11) is 0. The Morgan fingerprint density at radius 2 is 1.80 bits per heavy atom. The summed E-state index contributed by atoms with van der Waals surface area (Å²) >= 11 is 0. The van der Waals surface area contributed by atoms with Gasteiger partial charge in [-0.2, -0.15) is 0 Å². The average molecular weight is 408 g/mol. The second-order valence-corrected chi connectivity index (χ2v) is 6.98. The lowest BCUT2D eigenvalue weighted by atomic mass is 9.98. The van der Waals surface area contributed by atoms with Crippen LogP contribution >= 0.6 is 0 Å². The van der Waals surface area contributed by atoms with Crippen molar-refractivity contribution in [2.75, 3.05) is 6.61 Å². The van der Waals surface area contributed by atoms with Gasteiger partial charge in [0, 0.05) is 11.9 Å². The van der Waals surface area contributed by atoms with E-state index in [1.165, 1.54) is 0 Å². The number of hydrogen-bond acceptors (Lipinski definition) is 4. The normalized spacial score (nSPS) is 10.8. The zero-order chi connectivity index (χ0) is 21.7. The molecule has 3 aromatic rings. The number of carbonyl (C=O) groups is 3. The highest BCUT2D eigenvalue weighted by Gasteiger charge is 2.25. The number of primary amides is 1. The summed E-state index contributed by atoms with van der Waals surface area (Å²) in [5.41, 5.74) is 9.21. The molecule has 3 N–H and O–H groups in total. The Labute approximate surface area is 174 Å². The van der Waals surface area contributed by atoms with Gasteiger partial charge in [0.25, 0.3) is 11.7 Å². The minimum absolute atomic E-state index is 0.0123. The predicted octanol–water partition coefficient (Wildman–Crippen LogP) is 3.00. The number of amides is 1. The lowest BCUT2D eigenvalue weighted by molar-refractivity contribution is -0.137. The van der Waals surface area contributed by atoms with E-state index in [4.69, 9.17) is 15.6 Å². The molecule has 0 aliphatic carbocycles. The summed E-state index contributed by atoms with van der Waals surface area (Å²) in [5.74, 6) is -2.16. The van der Waals surface area contributed by atoms with Crippen LogP contribution in [0.3, 0.4) is 0 Å². The first-order valence-corrected chi connectivity index (χ1v) is 9.80. The molecule has 1 amide bonds. The second kappa shape index (κ2) is 9.26. The highest BCUT2D eigenvalue weighted by Crippen LogP contribution is 2.29. The van der Waals surface area contributed by atoms with Crippen LogP contribution in [-0.2, 0) is 22.4 Å². The molecule has 7 heteroatoms. The molecule has 0 radical (unpaired) electrons. The zero-order valence-electron chi connectivity index (χ0n) is 16.8. The number of benzene rings is 1. The summed E-state index contributed by atoms with van der Waals surface area (Å²) in [4.78, 5) is 35.0. The topological polar surface area (TPSA) is 111 Å². The van der Waals surface area contributed by atoms with Gasteiger partial charge in [0.1, 0.15) is 11.4 Å². The van der Waals surface area contributed by atoms with Crippen molar-refractivity contribution >= 4 is 23.2 Å². The minimum atomic E-state index is -1.01. The molecule has 0 fully saturated rings. The van der Waals surface area contributed by atoms with Crippen molar-refractivity contribution < 1.29 is 24.2 Å². The van der Waals surface area contributed by atoms with Crippen LogP contribution in [0.25, 0.3) is 5.52 Å². The van der Waals surface area contributed by atoms with Crippen molar-refractivity contribution in [1.29, 1.82) is 0 Å². The van der Waals surface area contributed by atoms with Crippen LogP contribution in [0, 0.1) is 0 Å². The Hall–Kier alpha value is -3.61. The fourth-order valence-corrected chi connectivity index (χ4v) is 3.60. The number of hydrogen-bond donors (Lipinski definition) is 2. The highest BCUT2D eigenvalue weighted by molar-refractivity contribution is 6.42. The van der Waals surface area contributed by atoms with E-state index in [0.29, 0.717) is 25.0 Å². The summed E-state index contributed by atoms with van der Waals surface area (Å²) in [6.07, 6.45) is 3.20. The largest absolute Gasteiger partial charge is 0.492 e. The number of aromatic nitrogens is 1. The van der Waals surface area contributed by atoms with Gasteiger partial charge in [-0.1, -0.05) is 37.3 Å². The number of Topliss-reactive ketones (excluding diaryl/α,β-unsaturated/α-hetero) is 1. The minimum Gasteiger partial charge on any atom is -0.492 e. The van der Waals surface area contributed by atoms with Crippen LogP contribution in [0.15, 0.2) is 48.7 Å². The first-order valence-electron chi connectivity index (χ1n) is 9.80. The number of fused-ring (bicyclic) bond motifs is 1. The molecule has 0 unspecified atom stereocenters. The van der Waals surface area contributed by atoms with E-state index in [1.54, 1.807) is 16.7 Å². The molecule has 0 aliphatic rings. The number of pyridine rings is 1. The van der Waals surface area contributed by atoms with Gasteiger partial charge in [-0.3, -0.25) is 14.4 Å². The number of nitrogens with two attached hydrogens (primary N) is 1. The highest BCUT2D eigenvalue weighted by atomic mass is 16.5. The number of aliphatic carboxylic acids is 1. The van der Waals surface area contributed by atoms with E-state index in [9.17, 15) is 14.4 Å². The monoisotopic (exact) mass is 408 g/mol. The van der Waals surface area contributed by atoms with E-state index in [-0.39, 0.29) is 18.7 Å². The van der Waals surface area contributed by atoms with Crippen LogP contribution in [0.5, 0.6) is 5.75 Å². The SMILES string of the molecule is CCc1c(Cc2ccccc2)c2ccc(OCCCC(=O)O)cn2c1C(=O)C(N)=O. The fourth-order valence-electron chi connectivity index (χ4n) is 3.60. The number of nitrogens with zero attached hydrogens (tertiary/aromatic N) is 1. The molecule has 7 nitrogen and oxygen atoms in total. The summed E-state index contributed by atoms with van der Waals surface area (Å²) in [6.45, 7) is 2.17. The smallest absolute Gasteiger partial charge is 0.303 e. The van der Waals surface area contributed by atoms with Gasteiger partial charge < -0.3 is 20.0 Å². The Morgan fingerprint density at radius 1 is 1.07 bits per heavy atom. The molecule has 2 aromatic heterocycles. The van der Waals surface area contributed by atoms with Crippen LogP contribution in [-0.4, -0.2) is 33.8 Å². The molecule has 0 saturated carbocycles. The van der Waals surface area contributed by atoms with E-state index < -0.39 is 17.7 Å². The van der Waals surface area contributed by atoms with Crippen molar-refractivity contribution in [3.05, 3.63) is 71.0 Å². The van der Waals surface area contributed by atoms with Crippen molar-refractivity contribution in [2.24, 2.45) is 5.73 Å². The number of ketones is 1. The van der Waals surface area contributed by atoms with Crippen molar-refractivity contribution in [3.63, 3.8) is 0 Å². The van der Waals surface area contributed by atoms with Crippen molar-refractivity contribution in [1.82, 2.24) is 4.40 Å². The van der Waals surface area contributed by atoms with Crippen molar-refractivity contribution in [3.8, 4) is 5.75 Å². The van der Waals surface area contributed by atoms with Crippen LogP contribution < -0.4 is 10.5 Å². The third-order valence-electron chi connectivity index (χ3n) is 4.94. The Bertz CT molecular complexity index is 1090. The second-order valence-electron chi connectivity index (χ2n) is 6.98. The summed E-state index contributed by atoms with van der Waals surface area (Å²) < 4.78 is 7.31.